The molecular weight excluding hydrogens is 356 g/mol. The third-order valence-corrected chi connectivity index (χ3v) is 5.74. The molecule has 28 heavy (non-hydrogen) atoms. The van der Waals surface area contributed by atoms with Gasteiger partial charge in [-0.3, -0.25) is 9.59 Å². The molecule has 1 unspecified atom stereocenters. The lowest BCUT2D eigenvalue weighted by atomic mass is 9.93. The van der Waals surface area contributed by atoms with Gasteiger partial charge in [-0.05, 0) is 44.2 Å². The van der Waals surface area contributed by atoms with Crippen molar-refractivity contribution in [1.29, 1.82) is 0 Å². The number of piperidine rings is 1. The third kappa shape index (κ3) is 4.03. The maximum atomic E-state index is 12.7. The summed E-state index contributed by atoms with van der Waals surface area (Å²) >= 11 is 0. The van der Waals surface area contributed by atoms with Crippen LogP contribution in [0.5, 0.6) is 5.75 Å². The molecule has 0 saturated carbocycles. The van der Waals surface area contributed by atoms with Crippen molar-refractivity contribution in [2.75, 3.05) is 18.4 Å². The number of amides is 2. The molecule has 2 aliphatic heterocycles. The Labute approximate surface area is 164 Å². The fourth-order valence-electron chi connectivity index (χ4n) is 3.95. The second kappa shape index (κ2) is 8.04. The molecule has 1 atom stereocenters. The monoisotopic (exact) mass is 382 g/mol. The summed E-state index contributed by atoms with van der Waals surface area (Å²) in [5.41, 5.74) is 0.658. The summed E-state index contributed by atoms with van der Waals surface area (Å²) in [4.78, 5) is 31.0. The second-order valence-electron chi connectivity index (χ2n) is 7.58. The lowest BCUT2D eigenvalue weighted by Gasteiger charge is -2.33. The average Bonchev–Trinajstić information content (AvgIpc) is 3.12. The molecule has 1 saturated heterocycles. The Morgan fingerprint density at radius 2 is 2.07 bits per heavy atom. The van der Waals surface area contributed by atoms with Crippen LogP contribution >= 0.6 is 0 Å². The van der Waals surface area contributed by atoms with Gasteiger partial charge < -0.3 is 19.5 Å². The van der Waals surface area contributed by atoms with Crippen molar-refractivity contribution in [2.45, 2.75) is 45.3 Å². The van der Waals surface area contributed by atoms with Crippen LogP contribution in [0.25, 0.3) is 0 Å². The molecule has 3 heterocycles. The standard InChI is InChI=1S/C21H26N4O3/c1-15-22-9-13-24(15)10-6-16-7-11-25(12-8-16)20(26)14-19-21(27)23-17-4-2-3-5-18(17)28-19/h2-5,9,13,16,19H,6-8,10-12,14H2,1H3,(H,23,27). The Balaban J connectivity index is 1.25. The van der Waals surface area contributed by atoms with Gasteiger partial charge in [-0.2, -0.15) is 0 Å². The number of rotatable bonds is 5. The van der Waals surface area contributed by atoms with Crippen LogP contribution in [0.4, 0.5) is 5.69 Å². The second-order valence-corrected chi connectivity index (χ2v) is 7.58. The number of nitrogens with one attached hydrogen (secondary N) is 1. The molecule has 0 spiro atoms. The summed E-state index contributed by atoms with van der Waals surface area (Å²) in [6.45, 7) is 4.48. The number of imidazole rings is 1. The molecule has 1 fully saturated rings. The predicted molar refractivity (Wildman–Crippen MR) is 105 cm³/mol. The lowest BCUT2D eigenvalue weighted by molar-refractivity contribution is -0.138. The smallest absolute Gasteiger partial charge is 0.266 e. The van der Waals surface area contributed by atoms with Crippen LogP contribution in [0.2, 0.25) is 0 Å². The summed E-state index contributed by atoms with van der Waals surface area (Å²) in [6.07, 6.45) is 6.27. The molecule has 2 aromatic rings. The highest BCUT2D eigenvalue weighted by Crippen LogP contribution is 2.30. The zero-order chi connectivity index (χ0) is 19.5. The number of carbonyl (C=O) groups is 2. The van der Waals surface area contributed by atoms with Crippen molar-refractivity contribution < 1.29 is 14.3 Å². The molecule has 2 aliphatic rings. The molecular formula is C21H26N4O3. The first kappa shape index (κ1) is 18.5. The van der Waals surface area contributed by atoms with Crippen molar-refractivity contribution in [1.82, 2.24) is 14.5 Å². The first-order valence-corrected chi connectivity index (χ1v) is 9.92. The van der Waals surface area contributed by atoms with Crippen LogP contribution in [0.15, 0.2) is 36.7 Å². The van der Waals surface area contributed by atoms with E-state index >= 15 is 0 Å². The maximum absolute atomic E-state index is 12.7. The van der Waals surface area contributed by atoms with Gasteiger partial charge in [0.15, 0.2) is 6.10 Å². The number of benzene rings is 1. The minimum Gasteiger partial charge on any atom is -0.478 e. The highest BCUT2D eigenvalue weighted by Gasteiger charge is 2.32. The number of aryl methyl sites for hydroxylation is 2. The number of likely N-dealkylation sites (tertiary alicyclic amines) is 1. The first-order chi connectivity index (χ1) is 13.6. The summed E-state index contributed by atoms with van der Waals surface area (Å²) in [5.74, 6) is 2.02. The molecule has 0 bridgehead atoms. The maximum Gasteiger partial charge on any atom is 0.266 e. The van der Waals surface area contributed by atoms with E-state index in [-0.39, 0.29) is 18.2 Å². The van der Waals surface area contributed by atoms with E-state index in [0.29, 0.717) is 17.4 Å². The molecule has 0 aliphatic carbocycles. The van der Waals surface area contributed by atoms with Gasteiger partial charge in [0, 0.05) is 32.0 Å². The molecule has 2 amide bonds. The fourth-order valence-corrected chi connectivity index (χ4v) is 3.95. The van der Waals surface area contributed by atoms with Crippen LogP contribution in [0.1, 0.15) is 31.5 Å². The van der Waals surface area contributed by atoms with E-state index in [0.717, 1.165) is 44.7 Å². The molecule has 148 valence electrons. The Kier molecular flexibility index (Phi) is 5.32. The van der Waals surface area contributed by atoms with Gasteiger partial charge in [-0.15, -0.1) is 0 Å². The number of hydrogen-bond acceptors (Lipinski definition) is 4. The highest BCUT2D eigenvalue weighted by molar-refractivity contribution is 5.99. The molecule has 1 aromatic carbocycles. The molecule has 7 nitrogen and oxygen atoms in total. The summed E-state index contributed by atoms with van der Waals surface area (Å²) in [7, 11) is 0. The first-order valence-electron chi connectivity index (χ1n) is 9.92. The van der Waals surface area contributed by atoms with E-state index < -0.39 is 6.10 Å². The molecule has 1 aromatic heterocycles. The van der Waals surface area contributed by atoms with Crippen LogP contribution in [0, 0.1) is 12.8 Å². The Morgan fingerprint density at radius 3 is 2.82 bits per heavy atom. The summed E-state index contributed by atoms with van der Waals surface area (Å²) < 4.78 is 7.92. The van der Waals surface area contributed by atoms with Crippen molar-refractivity contribution in [2.24, 2.45) is 5.92 Å². The Bertz CT molecular complexity index is 855. The lowest BCUT2D eigenvalue weighted by Crippen LogP contribution is -2.44. The zero-order valence-corrected chi connectivity index (χ0v) is 16.1. The van der Waals surface area contributed by atoms with Gasteiger partial charge in [-0.25, -0.2) is 4.98 Å². The van der Waals surface area contributed by atoms with E-state index in [1.54, 1.807) is 12.1 Å². The number of anilines is 1. The van der Waals surface area contributed by atoms with Gasteiger partial charge in [0.1, 0.15) is 11.6 Å². The van der Waals surface area contributed by atoms with E-state index in [2.05, 4.69) is 14.9 Å². The van der Waals surface area contributed by atoms with Crippen molar-refractivity contribution >= 4 is 17.5 Å². The molecule has 4 rings (SSSR count). The molecule has 7 heteroatoms. The van der Waals surface area contributed by atoms with E-state index in [9.17, 15) is 9.59 Å². The fraction of sp³-hybridized carbons (Fsp3) is 0.476. The van der Waals surface area contributed by atoms with Gasteiger partial charge >= 0.3 is 0 Å². The number of nitrogens with zero attached hydrogens (tertiary/aromatic N) is 3. The van der Waals surface area contributed by atoms with Crippen LogP contribution in [-0.2, 0) is 16.1 Å². The summed E-state index contributed by atoms with van der Waals surface area (Å²) in [6, 6.07) is 7.29. The van der Waals surface area contributed by atoms with E-state index in [4.69, 9.17) is 4.74 Å². The van der Waals surface area contributed by atoms with E-state index in [1.807, 2.05) is 36.4 Å². The van der Waals surface area contributed by atoms with Crippen molar-refractivity contribution in [3.63, 3.8) is 0 Å². The average molecular weight is 382 g/mol. The van der Waals surface area contributed by atoms with Crippen LogP contribution in [-0.4, -0.2) is 45.5 Å². The summed E-state index contributed by atoms with van der Waals surface area (Å²) in [5, 5.41) is 2.82. The van der Waals surface area contributed by atoms with Crippen LogP contribution < -0.4 is 10.1 Å². The largest absolute Gasteiger partial charge is 0.478 e. The number of para-hydroxylation sites is 2. The van der Waals surface area contributed by atoms with Gasteiger partial charge in [0.05, 0.1) is 12.1 Å². The predicted octanol–water partition coefficient (Wildman–Crippen LogP) is 2.61. The number of aromatic nitrogens is 2. The van der Waals surface area contributed by atoms with Crippen LogP contribution in [0.3, 0.4) is 0 Å². The normalized spacial score (nSPS) is 19.7. The van der Waals surface area contributed by atoms with Crippen molar-refractivity contribution in [3.05, 3.63) is 42.5 Å². The van der Waals surface area contributed by atoms with Gasteiger partial charge in [0.25, 0.3) is 5.91 Å². The highest BCUT2D eigenvalue weighted by atomic mass is 16.5. The number of ether oxygens (including phenoxy) is 1. The third-order valence-electron chi connectivity index (χ3n) is 5.74. The number of carbonyl (C=O) groups excluding carboxylic acids is 2. The Hall–Kier alpha value is -2.83. The SMILES string of the molecule is Cc1nccn1CCC1CCN(C(=O)CC2Oc3ccccc3NC2=O)CC1. The molecule has 0 radical (unpaired) electrons. The van der Waals surface area contributed by atoms with Crippen molar-refractivity contribution in [3.8, 4) is 5.75 Å². The molecule has 1 N–H and O–H groups in total. The van der Waals surface area contributed by atoms with Gasteiger partial charge in [0.2, 0.25) is 5.91 Å². The minimum atomic E-state index is -0.760. The quantitative estimate of drug-likeness (QED) is 0.862. The van der Waals surface area contributed by atoms with E-state index in [1.165, 1.54) is 0 Å². The topological polar surface area (TPSA) is 76.5 Å². The minimum absolute atomic E-state index is 0.0107. The van der Waals surface area contributed by atoms with Gasteiger partial charge in [-0.1, -0.05) is 12.1 Å². The number of fused-ring (bicyclic) bond motifs is 1. The Morgan fingerprint density at radius 1 is 1.29 bits per heavy atom. The number of hydrogen-bond donors (Lipinski definition) is 1. The zero-order valence-electron chi connectivity index (χ0n) is 16.1.